The average molecular weight is 213 g/mol. The third-order valence-corrected chi connectivity index (χ3v) is 2.64. The van der Waals surface area contributed by atoms with Crippen LogP contribution in [-0.4, -0.2) is 37.4 Å². The van der Waals surface area contributed by atoms with Gasteiger partial charge in [0.2, 0.25) is 5.91 Å². The zero-order chi connectivity index (χ0) is 11.1. The van der Waals surface area contributed by atoms with Gasteiger partial charge in [0.25, 0.3) is 0 Å². The quantitative estimate of drug-likeness (QED) is 0.502. The molecule has 1 rings (SSSR count). The van der Waals surface area contributed by atoms with Gasteiger partial charge in [0, 0.05) is 19.0 Å². The van der Waals surface area contributed by atoms with Gasteiger partial charge >= 0.3 is 0 Å². The summed E-state index contributed by atoms with van der Waals surface area (Å²) in [4.78, 5) is 21.9. The van der Waals surface area contributed by atoms with E-state index in [1.54, 1.807) is 0 Å². The van der Waals surface area contributed by atoms with Crippen LogP contribution in [0.1, 0.15) is 25.7 Å². The predicted octanol–water partition coefficient (Wildman–Crippen LogP) is -0.839. The van der Waals surface area contributed by atoms with Crippen molar-refractivity contribution in [2.24, 2.45) is 5.73 Å². The number of amides is 1. The molecular formula is C10H19N3O2. The van der Waals surface area contributed by atoms with Crippen LogP contribution in [0.4, 0.5) is 0 Å². The number of nitrogens with two attached hydrogens (primary N) is 1. The molecule has 15 heavy (non-hydrogen) atoms. The fourth-order valence-electron chi connectivity index (χ4n) is 1.73. The highest BCUT2D eigenvalue weighted by molar-refractivity contribution is 5.82. The van der Waals surface area contributed by atoms with Gasteiger partial charge in [-0.2, -0.15) is 0 Å². The number of rotatable bonds is 6. The lowest BCUT2D eigenvalue weighted by Gasteiger charge is -2.18. The molecule has 0 spiro atoms. The molecule has 0 aromatic rings. The van der Waals surface area contributed by atoms with Crippen LogP contribution >= 0.6 is 0 Å². The van der Waals surface area contributed by atoms with E-state index in [-0.39, 0.29) is 18.0 Å². The molecule has 2 atom stereocenters. The van der Waals surface area contributed by atoms with E-state index in [4.69, 9.17) is 5.73 Å². The Kier molecular flexibility index (Phi) is 5.28. The van der Waals surface area contributed by atoms with Gasteiger partial charge in [-0.05, 0) is 25.8 Å². The van der Waals surface area contributed by atoms with Crippen molar-refractivity contribution in [1.29, 1.82) is 0 Å². The molecule has 4 N–H and O–H groups in total. The maximum Gasteiger partial charge on any atom is 0.237 e. The summed E-state index contributed by atoms with van der Waals surface area (Å²) >= 11 is 0. The lowest BCUT2D eigenvalue weighted by Crippen LogP contribution is -2.47. The molecule has 1 aliphatic heterocycles. The van der Waals surface area contributed by atoms with Crippen LogP contribution in [0.2, 0.25) is 0 Å². The number of aldehydes is 1. The third kappa shape index (κ3) is 3.97. The summed E-state index contributed by atoms with van der Waals surface area (Å²) in [5.74, 6) is 0.00819. The Balaban J connectivity index is 2.29. The van der Waals surface area contributed by atoms with Crippen LogP contribution in [0.15, 0.2) is 0 Å². The van der Waals surface area contributed by atoms with Crippen molar-refractivity contribution in [2.45, 2.75) is 37.8 Å². The van der Waals surface area contributed by atoms with Gasteiger partial charge in [0.15, 0.2) is 0 Å². The molecule has 1 amide bonds. The van der Waals surface area contributed by atoms with Crippen molar-refractivity contribution in [1.82, 2.24) is 10.6 Å². The van der Waals surface area contributed by atoms with Crippen molar-refractivity contribution in [3.05, 3.63) is 0 Å². The molecule has 0 aromatic heterocycles. The summed E-state index contributed by atoms with van der Waals surface area (Å²) in [6.45, 7) is 1.28. The highest BCUT2D eigenvalue weighted by atomic mass is 16.2. The Hall–Kier alpha value is -0.940. The fourth-order valence-corrected chi connectivity index (χ4v) is 1.73. The van der Waals surface area contributed by atoms with E-state index in [2.05, 4.69) is 10.6 Å². The van der Waals surface area contributed by atoms with Crippen molar-refractivity contribution < 1.29 is 9.59 Å². The molecule has 5 nitrogen and oxygen atoms in total. The molecule has 1 saturated heterocycles. The summed E-state index contributed by atoms with van der Waals surface area (Å²) < 4.78 is 0. The molecule has 5 heteroatoms. The first-order chi connectivity index (χ1) is 7.27. The van der Waals surface area contributed by atoms with E-state index in [1.165, 1.54) is 0 Å². The van der Waals surface area contributed by atoms with E-state index in [0.29, 0.717) is 19.4 Å². The van der Waals surface area contributed by atoms with Gasteiger partial charge in [-0.25, -0.2) is 0 Å². The predicted molar refractivity (Wildman–Crippen MR) is 57.3 cm³/mol. The van der Waals surface area contributed by atoms with E-state index >= 15 is 0 Å². The van der Waals surface area contributed by atoms with Crippen LogP contribution in [0.25, 0.3) is 0 Å². The topological polar surface area (TPSA) is 84.2 Å². The standard InChI is InChI=1S/C10H19N3O2/c11-7-8(3-2-6-14)13-10(15)9-4-1-5-12-9/h6,8-9,12H,1-5,7,11H2,(H,13,15)/t8?,9-/m0/s1. The van der Waals surface area contributed by atoms with Gasteiger partial charge in [-0.1, -0.05) is 0 Å². The van der Waals surface area contributed by atoms with E-state index < -0.39 is 0 Å². The minimum Gasteiger partial charge on any atom is -0.351 e. The minimum absolute atomic E-state index is 0.00819. The van der Waals surface area contributed by atoms with Crippen LogP contribution in [-0.2, 0) is 9.59 Å². The first-order valence-electron chi connectivity index (χ1n) is 5.45. The van der Waals surface area contributed by atoms with Gasteiger partial charge in [-0.15, -0.1) is 0 Å². The highest BCUT2D eigenvalue weighted by Gasteiger charge is 2.23. The number of hydrogen-bond acceptors (Lipinski definition) is 4. The Morgan fingerprint density at radius 3 is 3.00 bits per heavy atom. The minimum atomic E-state index is -0.0786. The molecule has 0 aliphatic carbocycles. The highest BCUT2D eigenvalue weighted by Crippen LogP contribution is 2.05. The first kappa shape index (κ1) is 12.1. The summed E-state index contributed by atoms with van der Waals surface area (Å²) in [5, 5.41) is 5.98. The molecule has 1 aliphatic rings. The average Bonchev–Trinajstić information content (AvgIpc) is 2.77. The van der Waals surface area contributed by atoms with Gasteiger partial charge in [0.1, 0.15) is 6.29 Å². The second kappa shape index (κ2) is 6.53. The summed E-state index contributed by atoms with van der Waals surface area (Å²) in [5.41, 5.74) is 5.51. The molecule has 0 bridgehead atoms. The number of hydrogen-bond donors (Lipinski definition) is 3. The molecule has 0 saturated carbocycles. The smallest absolute Gasteiger partial charge is 0.237 e. The Morgan fingerprint density at radius 1 is 1.67 bits per heavy atom. The zero-order valence-corrected chi connectivity index (χ0v) is 8.87. The first-order valence-corrected chi connectivity index (χ1v) is 5.45. The Labute approximate surface area is 89.8 Å². The van der Waals surface area contributed by atoms with Crippen LogP contribution in [0.3, 0.4) is 0 Å². The van der Waals surface area contributed by atoms with Crippen molar-refractivity contribution >= 4 is 12.2 Å². The van der Waals surface area contributed by atoms with E-state index in [0.717, 1.165) is 25.7 Å². The monoisotopic (exact) mass is 213 g/mol. The van der Waals surface area contributed by atoms with Gasteiger partial charge < -0.3 is 21.2 Å². The van der Waals surface area contributed by atoms with Crippen molar-refractivity contribution in [3.8, 4) is 0 Å². The third-order valence-electron chi connectivity index (χ3n) is 2.64. The lowest BCUT2D eigenvalue weighted by molar-refractivity contribution is -0.123. The molecule has 1 unspecified atom stereocenters. The molecule has 1 heterocycles. The zero-order valence-electron chi connectivity index (χ0n) is 8.87. The molecule has 86 valence electrons. The largest absolute Gasteiger partial charge is 0.351 e. The normalized spacial score (nSPS) is 22.3. The maximum atomic E-state index is 11.7. The Bertz CT molecular complexity index is 215. The van der Waals surface area contributed by atoms with E-state index in [9.17, 15) is 9.59 Å². The molecule has 0 aromatic carbocycles. The molecule has 0 radical (unpaired) electrons. The van der Waals surface area contributed by atoms with E-state index in [1.807, 2.05) is 0 Å². The molecular weight excluding hydrogens is 194 g/mol. The van der Waals surface area contributed by atoms with Gasteiger partial charge in [-0.3, -0.25) is 4.79 Å². The molecule has 1 fully saturated rings. The van der Waals surface area contributed by atoms with Crippen LogP contribution in [0, 0.1) is 0 Å². The van der Waals surface area contributed by atoms with Crippen LogP contribution in [0.5, 0.6) is 0 Å². The second-order valence-corrected chi connectivity index (χ2v) is 3.83. The SMILES string of the molecule is NCC(CCC=O)NC(=O)[C@@H]1CCCN1. The lowest BCUT2D eigenvalue weighted by atomic mass is 10.1. The number of carbonyl (C=O) groups excluding carboxylic acids is 2. The summed E-state index contributed by atoms with van der Waals surface area (Å²) in [6, 6.07) is -0.152. The van der Waals surface area contributed by atoms with Crippen LogP contribution < -0.4 is 16.4 Å². The van der Waals surface area contributed by atoms with Crippen molar-refractivity contribution in [2.75, 3.05) is 13.1 Å². The van der Waals surface area contributed by atoms with Gasteiger partial charge in [0.05, 0.1) is 6.04 Å². The fraction of sp³-hybridized carbons (Fsp3) is 0.800. The second-order valence-electron chi connectivity index (χ2n) is 3.83. The Morgan fingerprint density at radius 2 is 2.47 bits per heavy atom. The number of nitrogens with one attached hydrogen (secondary N) is 2. The summed E-state index contributed by atoms with van der Waals surface area (Å²) in [6.07, 6.45) is 3.85. The number of carbonyl (C=O) groups is 2. The summed E-state index contributed by atoms with van der Waals surface area (Å²) in [7, 11) is 0. The van der Waals surface area contributed by atoms with Crippen molar-refractivity contribution in [3.63, 3.8) is 0 Å². The maximum absolute atomic E-state index is 11.7.